The van der Waals surface area contributed by atoms with Gasteiger partial charge in [-0.25, -0.2) is 9.67 Å². The van der Waals surface area contributed by atoms with Gasteiger partial charge in [0.05, 0.1) is 35.0 Å². The number of carbonyl (C=O) groups is 1. The monoisotopic (exact) mass is 453 g/mol. The highest BCUT2D eigenvalue weighted by Gasteiger charge is 2.19. The molecule has 3 aromatic heterocycles. The third kappa shape index (κ3) is 3.56. The van der Waals surface area contributed by atoms with E-state index in [4.69, 9.17) is 14.5 Å². The van der Waals surface area contributed by atoms with Crippen molar-refractivity contribution < 1.29 is 14.3 Å². The number of carbonyl (C=O) groups excluding carboxylic acids is 1. The minimum atomic E-state index is -0.120. The van der Waals surface area contributed by atoms with E-state index in [0.29, 0.717) is 11.5 Å². The first-order valence-electron chi connectivity index (χ1n) is 10.1. The molecule has 1 N–H and O–H groups in total. The first kappa shape index (κ1) is 18.8. The van der Waals surface area contributed by atoms with E-state index in [9.17, 15) is 4.79 Å². The molecule has 10 heteroatoms. The summed E-state index contributed by atoms with van der Waals surface area (Å²) >= 11 is 3.05. The Kier molecular flexibility index (Phi) is 4.62. The highest BCUT2D eigenvalue weighted by molar-refractivity contribution is 7.29. The molecule has 4 aromatic rings. The zero-order valence-electron chi connectivity index (χ0n) is 16.5. The molecule has 0 unspecified atom stereocenters. The molecule has 1 saturated heterocycles. The van der Waals surface area contributed by atoms with Crippen molar-refractivity contribution >= 4 is 48.9 Å². The van der Waals surface area contributed by atoms with Crippen LogP contribution in [0.1, 0.15) is 9.67 Å². The SMILES string of the molecule is O=C(Nc1ccc(-c2cc3n(n2)CCO3)cc1)c1cc2sc(N3CCOCC3)nc2s1. The number of anilines is 2. The lowest BCUT2D eigenvalue weighted by Crippen LogP contribution is -2.36. The van der Waals surface area contributed by atoms with Crippen molar-refractivity contribution in [3.05, 3.63) is 41.3 Å². The highest BCUT2D eigenvalue weighted by atomic mass is 32.1. The zero-order chi connectivity index (χ0) is 20.8. The fraction of sp³-hybridized carbons (Fsp3) is 0.286. The molecule has 0 atom stereocenters. The van der Waals surface area contributed by atoms with Crippen LogP contribution in [-0.4, -0.2) is 53.6 Å². The predicted octanol–water partition coefficient (Wildman–Crippen LogP) is 3.70. The van der Waals surface area contributed by atoms with Crippen molar-refractivity contribution in [1.29, 1.82) is 0 Å². The number of nitrogens with one attached hydrogen (secondary N) is 1. The Balaban J connectivity index is 1.15. The lowest BCUT2D eigenvalue weighted by molar-refractivity contribution is 0.103. The van der Waals surface area contributed by atoms with Gasteiger partial charge in [-0.3, -0.25) is 4.79 Å². The third-order valence-electron chi connectivity index (χ3n) is 5.32. The second kappa shape index (κ2) is 7.63. The molecule has 0 spiro atoms. The normalized spacial score (nSPS) is 15.8. The average molecular weight is 454 g/mol. The molecule has 0 radical (unpaired) electrons. The Morgan fingerprint density at radius 2 is 1.87 bits per heavy atom. The van der Waals surface area contributed by atoms with E-state index in [1.807, 2.05) is 41.1 Å². The van der Waals surface area contributed by atoms with E-state index in [1.54, 1.807) is 11.3 Å². The Hall–Kier alpha value is -2.95. The van der Waals surface area contributed by atoms with Gasteiger partial charge >= 0.3 is 0 Å². The summed E-state index contributed by atoms with van der Waals surface area (Å²) in [7, 11) is 0. The second-order valence-corrected chi connectivity index (χ2v) is 9.39. The Bertz CT molecular complexity index is 1200. The van der Waals surface area contributed by atoms with Gasteiger partial charge in [-0.15, -0.1) is 11.3 Å². The topological polar surface area (TPSA) is 81.5 Å². The van der Waals surface area contributed by atoms with E-state index in [0.717, 1.165) is 70.3 Å². The van der Waals surface area contributed by atoms with Gasteiger partial charge < -0.3 is 19.7 Å². The Labute approximate surface area is 186 Å². The Morgan fingerprint density at radius 3 is 2.65 bits per heavy atom. The van der Waals surface area contributed by atoms with Crippen LogP contribution in [0.4, 0.5) is 10.8 Å². The number of fused-ring (bicyclic) bond motifs is 2. The molecule has 5 heterocycles. The van der Waals surface area contributed by atoms with Crippen LogP contribution in [0.2, 0.25) is 0 Å². The summed E-state index contributed by atoms with van der Waals surface area (Å²) in [6.07, 6.45) is 0. The van der Waals surface area contributed by atoms with E-state index >= 15 is 0 Å². The second-order valence-electron chi connectivity index (χ2n) is 7.35. The number of thiazole rings is 1. The van der Waals surface area contributed by atoms with Crippen LogP contribution in [0.5, 0.6) is 5.88 Å². The number of hydrogen-bond donors (Lipinski definition) is 1. The lowest BCUT2D eigenvalue weighted by atomic mass is 10.1. The molecule has 0 saturated carbocycles. The maximum absolute atomic E-state index is 12.7. The summed E-state index contributed by atoms with van der Waals surface area (Å²) in [5.74, 6) is 0.681. The van der Waals surface area contributed by atoms with Crippen LogP contribution in [0.25, 0.3) is 20.8 Å². The number of aromatic nitrogens is 3. The fourth-order valence-electron chi connectivity index (χ4n) is 3.70. The fourth-order valence-corrected chi connectivity index (χ4v) is 5.85. The molecule has 158 valence electrons. The molecular formula is C21H19N5O3S2. The van der Waals surface area contributed by atoms with Crippen molar-refractivity contribution in [2.45, 2.75) is 6.54 Å². The molecule has 0 aliphatic carbocycles. The van der Waals surface area contributed by atoms with Crippen LogP contribution in [-0.2, 0) is 11.3 Å². The standard InChI is InChI=1S/C21H19N5O3S2/c27-19(16-12-17-20(30-16)23-21(31-17)25-5-8-28-9-6-25)22-14-3-1-13(2-4-14)15-11-18-26(24-15)7-10-29-18/h1-4,11-12H,5-10H2,(H,22,27). The minimum Gasteiger partial charge on any atom is -0.476 e. The molecule has 1 fully saturated rings. The van der Waals surface area contributed by atoms with Crippen LogP contribution < -0.4 is 15.0 Å². The van der Waals surface area contributed by atoms with E-state index in [1.165, 1.54) is 11.3 Å². The van der Waals surface area contributed by atoms with Crippen LogP contribution >= 0.6 is 22.7 Å². The number of thiophene rings is 1. The van der Waals surface area contributed by atoms with Crippen LogP contribution in [0.15, 0.2) is 36.4 Å². The minimum absolute atomic E-state index is 0.120. The molecule has 8 nitrogen and oxygen atoms in total. The summed E-state index contributed by atoms with van der Waals surface area (Å²) in [4.78, 5) is 21.3. The summed E-state index contributed by atoms with van der Waals surface area (Å²) in [6, 6.07) is 11.6. The van der Waals surface area contributed by atoms with Crippen molar-refractivity contribution in [2.24, 2.45) is 0 Å². The number of nitrogens with zero attached hydrogens (tertiary/aromatic N) is 4. The molecule has 1 amide bonds. The van der Waals surface area contributed by atoms with Gasteiger partial charge in [0.1, 0.15) is 11.4 Å². The van der Waals surface area contributed by atoms with Crippen molar-refractivity contribution in [3.8, 4) is 17.1 Å². The van der Waals surface area contributed by atoms with Crippen LogP contribution in [0.3, 0.4) is 0 Å². The number of hydrogen-bond acceptors (Lipinski definition) is 8. The molecular weight excluding hydrogens is 434 g/mol. The molecule has 2 aliphatic heterocycles. The highest BCUT2D eigenvalue weighted by Crippen LogP contribution is 2.35. The maximum Gasteiger partial charge on any atom is 0.265 e. The number of benzene rings is 1. The third-order valence-corrected chi connectivity index (χ3v) is 7.54. The zero-order valence-corrected chi connectivity index (χ0v) is 18.2. The molecule has 6 rings (SSSR count). The van der Waals surface area contributed by atoms with E-state index in [-0.39, 0.29) is 5.91 Å². The van der Waals surface area contributed by atoms with Gasteiger partial charge in [-0.1, -0.05) is 23.5 Å². The van der Waals surface area contributed by atoms with Crippen LogP contribution in [0, 0.1) is 0 Å². The summed E-state index contributed by atoms with van der Waals surface area (Å²) in [5.41, 5.74) is 2.60. The average Bonchev–Trinajstić information content (AvgIpc) is 3.54. The summed E-state index contributed by atoms with van der Waals surface area (Å²) < 4.78 is 13.8. The predicted molar refractivity (Wildman–Crippen MR) is 122 cm³/mol. The van der Waals surface area contributed by atoms with Crippen molar-refractivity contribution in [1.82, 2.24) is 14.8 Å². The number of rotatable bonds is 4. The lowest BCUT2D eigenvalue weighted by Gasteiger charge is -2.25. The molecule has 2 aliphatic rings. The van der Waals surface area contributed by atoms with Gasteiger partial charge in [0.2, 0.25) is 5.88 Å². The smallest absolute Gasteiger partial charge is 0.265 e. The van der Waals surface area contributed by atoms with E-state index < -0.39 is 0 Å². The van der Waals surface area contributed by atoms with Crippen molar-refractivity contribution in [3.63, 3.8) is 0 Å². The maximum atomic E-state index is 12.7. The first-order chi connectivity index (χ1) is 15.2. The van der Waals surface area contributed by atoms with Gasteiger partial charge in [0, 0.05) is 30.4 Å². The van der Waals surface area contributed by atoms with Gasteiger partial charge in [-0.05, 0) is 18.2 Å². The quantitative estimate of drug-likeness (QED) is 0.507. The summed E-state index contributed by atoms with van der Waals surface area (Å²) in [5, 5.41) is 8.53. The van der Waals surface area contributed by atoms with E-state index in [2.05, 4.69) is 15.3 Å². The molecule has 1 aromatic carbocycles. The molecule has 0 bridgehead atoms. The van der Waals surface area contributed by atoms with Gasteiger partial charge in [0.15, 0.2) is 5.13 Å². The summed E-state index contributed by atoms with van der Waals surface area (Å²) in [6.45, 7) is 4.65. The first-order valence-corrected chi connectivity index (χ1v) is 11.7. The van der Waals surface area contributed by atoms with Gasteiger partial charge in [-0.2, -0.15) is 5.10 Å². The number of morpholine rings is 1. The molecule has 31 heavy (non-hydrogen) atoms. The van der Waals surface area contributed by atoms with Crippen molar-refractivity contribution in [2.75, 3.05) is 43.1 Å². The number of ether oxygens (including phenoxy) is 2. The van der Waals surface area contributed by atoms with Gasteiger partial charge in [0.25, 0.3) is 5.91 Å². The number of amides is 1. The largest absolute Gasteiger partial charge is 0.476 e. The Morgan fingerprint density at radius 1 is 1.03 bits per heavy atom.